The largest absolute Gasteiger partial charge is 0.490 e. The van der Waals surface area contributed by atoms with Gasteiger partial charge in [0.15, 0.2) is 0 Å². The molecule has 1 aromatic carbocycles. The zero-order valence-corrected chi connectivity index (χ0v) is 14.5. The summed E-state index contributed by atoms with van der Waals surface area (Å²) in [6.45, 7) is 13.7. The molecule has 0 heterocycles. The van der Waals surface area contributed by atoms with E-state index in [1.807, 2.05) is 6.07 Å². The molecule has 0 saturated carbocycles. The first-order valence-corrected chi connectivity index (χ1v) is 7.50. The van der Waals surface area contributed by atoms with Crippen molar-refractivity contribution in [1.82, 2.24) is 0 Å². The van der Waals surface area contributed by atoms with Crippen molar-refractivity contribution in [2.24, 2.45) is 0 Å². The Balaban J connectivity index is 3.04. The minimum atomic E-state index is -0.606. The maximum Gasteiger partial charge on any atom is 0.123 e. The molecule has 1 atom stereocenters. The molecule has 0 saturated heterocycles. The van der Waals surface area contributed by atoms with Crippen LogP contribution < -0.4 is 4.74 Å². The van der Waals surface area contributed by atoms with Crippen molar-refractivity contribution >= 4 is 0 Å². The predicted octanol–water partition coefficient (Wildman–Crippen LogP) is 3.67. The third kappa shape index (κ3) is 5.33. The smallest absolute Gasteiger partial charge is 0.123 e. The molecule has 0 radical (unpaired) electrons. The highest BCUT2D eigenvalue weighted by Gasteiger charge is 2.23. The molecule has 0 aliphatic heterocycles. The Hall–Kier alpha value is -1.06. The average molecular weight is 294 g/mol. The Labute approximate surface area is 129 Å². The van der Waals surface area contributed by atoms with E-state index < -0.39 is 6.10 Å². The summed E-state index contributed by atoms with van der Waals surface area (Å²) in [4.78, 5) is 0. The number of benzene rings is 1. The monoisotopic (exact) mass is 294 g/mol. The van der Waals surface area contributed by atoms with Gasteiger partial charge in [-0.2, -0.15) is 0 Å². The third-order valence-electron chi connectivity index (χ3n) is 3.44. The summed E-state index contributed by atoms with van der Waals surface area (Å²) in [6, 6.07) is 6.34. The Kier molecular flexibility index (Phi) is 5.83. The quantitative estimate of drug-likeness (QED) is 0.900. The lowest BCUT2D eigenvalue weighted by Gasteiger charge is -2.27. The molecule has 0 aromatic heterocycles. The highest BCUT2D eigenvalue weighted by molar-refractivity contribution is 5.43. The van der Waals surface area contributed by atoms with Gasteiger partial charge >= 0.3 is 0 Å². The minimum Gasteiger partial charge on any atom is -0.490 e. The first kappa shape index (κ1) is 18.0. The molecule has 120 valence electrons. The van der Waals surface area contributed by atoms with E-state index in [9.17, 15) is 5.11 Å². The van der Waals surface area contributed by atoms with Crippen molar-refractivity contribution in [2.75, 3.05) is 20.3 Å². The second kappa shape index (κ2) is 6.80. The lowest BCUT2D eigenvalue weighted by atomic mass is 9.80. The summed E-state index contributed by atoms with van der Waals surface area (Å²) in [7, 11) is 1.57. The van der Waals surface area contributed by atoms with E-state index in [4.69, 9.17) is 9.47 Å². The molecule has 3 heteroatoms. The fourth-order valence-corrected chi connectivity index (χ4v) is 2.13. The fraction of sp³-hybridized carbons (Fsp3) is 0.667. The van der Waals surface area contributed by atoms with Gasteiger partial charge in [-0.3, -0.25) is 0 Å². The zero-order chi connectivity index (χ0) is 16.3. The predicted molar refractivity (Wildman–Crippen MR) is 87.2 cm³/mol. The molecule has 1 N–H and O–H groups in total. The molecule has 0 spiro atoms. The second-order valence-electron chi connectivity index (χ2n) is 7.63. The highest BCUT2D eigenvalue weighted by Crippen LogP contribution is 2.35. The van der Waals surface area contributed by atoms with Gasteiger partial charge < -0.3 is 14.6 Å². The maximum absolute atomic E-state index is 9.74. The van der Waals surface area contributed by atoms with Crippen LogP contribution in [0, 0.1) is 0 Å². The van der Waals surface area contributed by atoms with Crippen LogP contribution in [0.15, 0.2) is 18.2 Å². The van der Waals surface area contributed by atoms with E-state index in [1.54, 1.807) is 7.11 Å². The van der Waals surface area contributed by atoms with E-state index >= 15 is 0 Å². The Morgan fingerprint density at radius 1 is 1.00 bits per heavy atom. The number of hydrogen-bond acceptors (Lipinski definition) is 3. The van der Waals surface area contributed by atoms with Gasteiger partial charge in [0.05, 0.1) is 6.61 Å². The number of hydrogen-bond donors (Lipinski definition) is 1. The van der Waals surface area contributed by atoms with Gasteiger partial charge in [-0.05, 0) is 28.0 Å². The topological polar surface area (TPSA) is 38.7 Å². The SMILES string of the molecule is COCC(O)COc1ccc(C(C)(C)C)cc1C(C)(C)C. The van der Waals surface area contributed by atoms with Crippen molar-refractivity contribution in [3.8, 4) is 5.75 Å². The Morgan fingerprint density at radius 3 is 2.10 bits per heavy atom. The summed E-state index contributed by atoms with van der Waals surface area (Å²) in [5.41, 5.74) is 2.55. The molecule has 0 fully saturated rings. The van der Waals surface area contributed by atoms with E-state index in [0.717, 1.165) is 5.75 Å². The van der Waals surface area contributed by atoms with Crippen LogP contribution in [0.2, 0.25) is 0 Å². The van der Waals surface area contributed by atoms with E-state index in [-0.39, 0.29) is 24.0 Å². The number of aliphatic hydroxyl groups excluding tert-OH is 1. The summed E-state index contributed by atoms with van der Waals surface area (Å²) in [5, 5.41) is 9.74. The Morgan fingerprint density at radius 2 is 1.62 bits per heavy atom. The number of rotatable bonds is 5. The molecule has 1 rings (SSSR count). The second-order valence-corrected chi connectivity index (χ2v) is 7.63. The van der Waals surface area contributed by atoms with Crippen molar-refractivity contribution in [1.29, 1.82) is 0 Å². The summed E-state index contributed by atoms with van der Waals surface area (Å²) >= 11 is 0. The lowest BCUT2D eigenvalue weighted by molar-refractivity contribution is 0.0321. The van der Waals surface area contributed by atoms with Gasteiger partial charge in [0.2, 0.25) is 0 Å². The molecule has 0 aliphatic carbocycles. The van der Waals surface area contributed by atoms with Crippen LogP contribution in [0.25, 0.3) is 0 Å². The molecule has 21 heavy (non-hydrogen) atoms. The van der Waals surface area contributed by atoms with E-state index in [2.05, 4.69) is 53.7 Å². The fourth-order valence-electron chi connectivity index (χ4n) is 2.13. The molecular weight excluding hydrogens is 264 g/mol. The summed E-state index contributed by atoms with van der Waals surface area (Å²) in [6.07, 6.45) is -0.606. The first-order valence-electron chi connectivity index (χ1n) is 7.50. The molecule has 3 nitrogen and oxygen atoms in total. The van der Waals surface area contributed by atoms with E-state index in [1.165, 1.54) is 11.1 Å². The Bertz CT molecular complexity index is 453. The molecule has 1 aromatic rings. The summed E-state index contributed by atoms with van der Waals surface area (Å²) in [5.74, 6) is 0.839. The van der Waals surface area contributed by atoms with Crippen LogP contribution in [0.4, 0.5) is 0 Å². The average Bonchev–Trinajstić information content (AvgIpc) is 2.34. The van der Waals surface area contributed by atoms with Crippen molar-refractivity contribution in [3.63, 3.8) is 0 Å². The van der Waals surface area contributed by atoms with Gasteiger partial charge in [-0.1, -0.05) is 53.7 Å². The molecule has 0 amide bonds. The van der Waals surface area contributed by atoms with Crippen LogP contribution in [0.1, 0.15) is 52.7 Å². The normalized spacial score (nSPS) is 14.1. The van der Waals surface area contributed by atoms with Gasteiger partial charge in [-0.15, -0.1) is 0 Å². The van der Waals surface area contributed by atoms with Gasteiger partial charge in [0.25, 0.3) is 0 Å². The van der Waals surface area contributed by atoms with Gasteiger partial charge in [0.1, 0.15) is 18.5 Å². The highest BCUT2D eigenvalue weighted by atomic mass is 16.5. The van der Waals surface area contributed by atoms with Gasteiger partial charge in [-0.25, -0.2) is 0 Å². The van der Waals surface area contributed by atoms with Crippen LogP contribution in [-0.4, -0.2) is 31.5 Å². The van der Waals surface area contributed by atoms with Crippen molar-refractivity contribution < 1.29 is 14.6 Å². The number of ether oxygens (including phenoxy) is 2. The number of methoxy groups -OCH3 is 1. The van der Waals surface area contributed by atoms with Crippen molar-refractivity contribution in [3.05, 3.63) is 29.3 Å². The maximum atomic E-state index is 9.74. The standard InChI is InChI=1S/C18H30O3/c1-17(2,3)13-8-9-16(15(10-13)18(4,5)6)21-12-14(19)11-20-7/h8-10,14,19H,11-12H2,1-7H3. The van der Waals surface area contributed by atoms with E-state index in [0.29, 0.717) is 0 Å². The van der Waals surface area contributed by atoms with Crippen LogP contribution in [-0.2, 0) is 15.6 Å². The number of aliphatic hydroxyl groups is 1. The molecule has 0 bridgehead atoms. The van der Waals surface area contributed by atoms with Crippen LogP contribution in [0.5, 0.6) is 5.75 Å². The van der Waals surface area contributed by atoms with Crippen molar-refractivity contribution in [2.45, 2.75) is 58.5 Å². The van der Waals surface area contributed by atoms with Crippen LogP contribution in [0.3, 0.4) is 0 Å². The lowest BCUT2D eigenvalue weighted by Crippen LogP contribution is -2.24. The minimum absolute atomic E-state index is 0.0111. The third-order valence-corrected chi connectivity index (χ3v) is 3.44. The molecular formula is C18H30O3. The summed E-state index contributed by atoms with van der Waals surface area (Å²) < 4.78 is 10.7. The van der Waals surface area contributed by atoms with Crippen LogP contribution >= 0.6 is 0 Å². The van der Waals surface area contributed by atoms with Gasteiger partial charge in [0, 0.05) is 7.11 Å². The molecule has 0 aliphatic rings. The first-order chi connectivity index (χ1) is 9.55. The zero-order valence-electron chi connectivity index (χ0n) is 14.5. The molecule has 1 unspecified atom stereocenters.